The first-order chi connectivity index (χ1) is 9.74. The zero-order chi connectivity index (χ0) is 14.4. The number of nitrogens with zero attached hydrogens (tertiary/aromatic N) is 2. The number of aliphatic hydroxyl groups excluding tert-OH is 1. The first-order valence-electron chi connectivity index (χ1n) is 6.26. The molecule has 6 heteroatoms. The van der Waals surface area contributed by atoms with Crippen LogP contribution in [0.4, 0.5) is 0 Å². The van der Waals surface area contributed by atoms with Gasteiger partial charge in [0.2, 0.25) is 0 Å². The van der Waals surface area contributed by atoms with Crippen molar-refractivity contribution in [2.45, 2.75) is 18.3 Å². The molecule has 0 aliphatic carbocycles. The first-order valence-corrected chi connectivity index (χ1v) is 7.62. The van der Waals surface area contributed by atoms with E-state index in [1.54, 1.807) is 25.1 Å². The zero-order valence-electron chi connectivity index (χ0n) is 11.3. The van der Waals surface area contributed by atoms with E-state index in [2.05, 4.69) is 4.98 Å². The molecule has 1 aromatic carbocycles. The van der Waals surface area contributed by atoms with Gasteiger partial charge in [-0.2, -0.15) is 0 Å². The highest BCUT2D eigenvalue weighted by Gasteiger charge is 2.10. The molecule has 2 aromatic rings. The number of ether oxygens (including phenoxy) is 1. The summed E-state index contributed by atoms with van der Waals surface area (Å²) in [5.74, 6) is 0.832. The Hall–Kier alpha value is -1.01. The van der Waals surface area contributed by atoms with Crippen LogP contribution in [0.15, 0.2) is 35.6 Å². The van der Waals surface area contributed by atoms with E-state index in [1.165, 1.54) is 0 Å². The molecule has 0 atom stereocenters. The largest absolute Gasteiger partial charge is 0.390 e. The van der Waals surface area contributed by atoms with E-state index in [-0.39, 0.29) is 6.61 Å². The normalized spacial score (nSPS) is 10.9. The second-order valence-corrected chi connectivity index (χ2v) is 5.74. The molecule has 1 heterocycles. The molecule has 0 bridgehead atoms. The van der Waals surface area contributed by atoms with E-state index in [0.717, 1.165) is 27.2 Å². The van der Waals surface area contributed by atoms with Gasteiger partial charge in [0.25, 0.3) is 0 Å². The van der Waals surface area contributed by atoms with Crippen LogP contribution in [0.3, 0.4) is 0 Å². The van der Waals surface area contributed by atoms with Crippen molar-refractivity contribution in [1.82, 2.24) is 9.55 Å². The fourth-order valence-electron chi connectivity index (χ4n) is 1.79. The second-order valence-electron chi connectivity index (χ2n) is 4.24. The van der Waals surface area contributed by atoms with E-state index in [4.69, 9.17) is 16.3 Å². The van der Waals surface area contributed by atoms with Gasteiger partial charge in [-0.25, -0.2) is 4.98 Å². The fraction of sp³-hybridized carbons (Fsp3) is 0.357. The average molecular weight is 313 g/mol. The summed E-state index contributed by atoms with van der Waals surface area (Å²) in [5.41, 5.74) is 1.93. The maximum atomic E-state index is 9.41. The monoisotopic (exact) mass is 312 g/mol. The minimum atomic E-state index is -0.0224. The SMILES string of the molecule is COCCSc1ncc(CO)n1Cc1ccc(Cl)cc1. The number of thioether (sulfide) groups is 1. The molecular formula is C14H17ClN2O2S. The third-order valence-corrected chi connectivity index (χ3v) is 4.04. The van der Waals surface area contributed by atoms with Crippen LogP contribution >= 0.6 is 23.4 Å². The van der Waals surface area contributed by atoms with Crippen LogP contribution in [0, 0.1) is 0 Å². The predicted octanol–water partition coefficient (Wildman–Crippen LogP) is 2.82. The third kappa shape index (κ3) is 3.99. The Labute approximate surface area is 127 Å². The Balaban J connectivity index is 2.15. The maximum absolute atomic E-state index is 9.41. The highest BCUT2D eigenvalue weighted by Crippen LogP contribution is 2.21. The van der Waals surface area contributed by atoms with Crippen molar-refractivity contribution in [2.75, 3.05) is 19.5 Å². The number of hydrogen-bond donors (Lipinski definition) is 1. The van der Waals surface area contributed by atoms with Gasteiger partial charge in [0, 0.05) is 24.4 Å². The molecule has 0 saturated carbocycles. The van der Waals surface area contributed by atoms with Crippen LogP contribution in [0.1, 0.15) is 11.3 Å². The molecule has 2 rings (SSSR count). The Morgan fingerprint density at radius 1 is 1.35 bits per heavy atom. The highest BCUT2D eigenvalue weighted by atomic mass is 35.5. The van der Waals surface area contributed by atoms with Gasteiger partial charge in [-0.05, 0) is 17.7 Å². The van der Waals surface area contributed by atoms with Crippen molar-refractivity contribution in [2.24, 2.45) is 0 Å². The van der Waals surface area contributed by atoms with E-state index < -0.39 is 0 Å². The number of hydrogen-bond acceptors (Lipinski definition) is 4. The summed E-state index contributed by atoms with van der Waals surface area (Å²) in [4.78, 5) is 4.36. The van der Waals surface area contributed by atoms with Crippen molar-refractivity contribution >= 4 is 23.4 Å². The standard InChI is InChI=1S/C14H17ClN2O2S/c1-19-6-7-20-14-16-8-13(10-18)17(14)9-11-2-4-12(15)5-3-11/h2-5,8,18H,6-7,9-10H2,1H3. The van der Waals surface area contributed by atoms with Crippen molar-refractivity contribution in [3.05, 3.63) is 46.7 Å². The number of aliphatic hydroxyl groups is 1. The molecule has 0 radical (unpaired) electrons. The number of rotatable bonds is 7. The lowest BCUT2D eigenvalue weighted by molar-refractivity contribution is 0.218. The molecule has 0 aliphatic rings. The van der Waals surface area contributed by atoms with Crippen LogP contribution in [0.25, 0.3) is 0 Å². The van der Waals surface area contributed by atoms with E-state index in [9.17, 15) is 5.11 Å². The Kier molecular flexibility index (Phi) is 5.91. The quantitative estimate of drug-likeness (QED) is 0.631. The lowest BCUT2D eigenvalue weighted by Crippen LogP contribution is -2.06. The van der Waals surface area contributed by atoms with Gasteiger partial charge in [0.15, 0.2) is 5.16 Å². The van der Waals surface area contributed by atoms with Gasteiger partial charge in [-0.15, -0.1) is 0 Å². The molecule has 0 fully saturated rings. The number of aromatic nitrogens is 2. The van der Waals surface area contributed by atoms with Crippen LogP contribution in [0.5, 0.6) is 0 Å². The molecule has 0 aliphatic heterocycles. The first kappa shape index (κ1) is 15.4. The molecule has 108 valence electrons. The molecular weight excluding hydrogens is 296 g/mol. The summed E-state index contributed by atoms with van der Waals surface area (Å²) in [6, 6.07) is 7.69. The van der Waals surface area contributed by atoms with Gasteiger partial charge >= 0.3 is 0 Å². The van der Waals surface area contributed by atoms with Gasteiger partial charge in [-0.3, -0.25) is 0 Å². The summed E-state index contributed by atoms with van der Waals surface area (Å²) in [6.45, 7) is 1.32. The molecule has 0 unspecified atom stereocenters. The molecule has 1 N–H and O–H groups in total. The third-order valence-electron chi connectivity index (χ3n) is 2.84. The molecule has 0 saturated heterocycles. The van der Waals surface area contributed by atoms with Crippen LogP contribution in [0.2, 0.25) is 5.02 Å². The summed E-state index contributed by atoms with van der Waals surface area (Å²) in [5, 5.41) is 11.0. The fourth-order valence-corrected chi connectivity index (χ4v) is 2.81. The molecule has 20 heavy (non-hydrogen) atoms. The Bertz CT molecular complexity index is 543. The van der Waals surface area contributed by atoms with E-state index in [1.807, 2.05) is 28.8 Å². The van der Waals surface area contributed by atoms with Gasteiger partial charge in [-0.1, -0.05) is 35.5 Å². The van der Waals surface area contributed by atoms with E-state index in [0.29, 0.717) is 13.2 Å². The molecule has 1 aromatic heterocycles. The smallest absolute Gasteiger partial charge is 0.168 e. The van der Waals surface area contributed by atoms with Crippen LogP contribution in [-0.4, -0.2) is 34.1 Å². The van der Waals surface area contributed by atoms with Crippen LogP contribution < -0.4 is 0 Å². The minimum Gasteiger partial charge on any atom is -0.390 e. The molecule has 0 spiro atoms. The number of benzene rings is 1. The summed E-state index contributed by atoms with van der Waals surface area (Å²) >= 11 is 7.51. The number of halogens is 1. The van der Waals surface area contributed by atoms with Gasteiger partial charge in [0.1, 0.15) is 0 Å². The maximum Gasteiger partial charge on any atom is 0.168 e. The van der Waals surface area contributed by atoms with Crippen molar-refractivity contribution in [3.8, 4) is 0 Å². The lowest BCUT2D eigenvalue weighted by Gasteiger charge is -2.10. The Morgan fingerprint density at radius 2 is 2.10 bits per heavy atom. The van der Waals surface area contributed by atoms with Crippen molar-refractivity contribution < 1.29 is 9.84 Å². The van der Waals surface area contributed by atoms with Gasteiger partial charge in [0.05, 0.1) is 25.1 Å². The number of methoxy groups -OCH3 is 1. The van der Waals surface area contributed by atoms with Crippen molar-refractivity contribution in [1.29, 1.82) is 0 Å². The topological polar surface area (TPSA) is 47.3 Å². The number of imidazole rings is 1. The Morgan fingerprint density at radius 3 is 2.75 bits per heavy atom. The summed E-state index contributed by atoms with van der Waals surface area (Å²) in [6.07, 6.45) is 1.71. The molecule has 0 amide bonds. The highest BCUT2D eigenvalue weighted by molar-refractivity contribution is 7.99. The molecule has 4 nitrogen and oxygen atoms in total. The van der Waals surface area contributed by atoms with Gasteiger partial charge < -0.3 is 14.4 Å². The minimum absolute atomic E-state index is 0.0224. The summed E-state index contributed by atoms with van der Waals surface area (Å²) < 4.78 is 7.06. The average Bonchev–Trinajstić information content (AvgIpc) is 2.84. The van der Waals surface area contributed by atoms with E-state index >= 15 is 0 Å². The summed E-state index contributed by atoms with van der Waals surface area (Å²) in [7, 11) is 1.68. The predicted molar refractivity (Wildman–Crippen MR) is 81.3 cm³/mol. The van der Waals surface area contributed by atoms with Crippen molar-refractivity contribution in [3.63, 3.8) is 0 Å². The second kappa shape index (κ2) is 7.69. The lowest BCUT2D eigenvalue weighted by atomic mass is 10.2. The zero-order valence-corrected chi connectivity index (χ0v) is 12.8. The van der Waals surface area contributed by atoms with Crippen LogP contribution in [-0.2, 0) is 17.9 Å².